The van der Waals surface area contributed by atoms with E-state index in [2.05, 4.69) is 5.27 Å². The number of aromatic nitrogens is 2. The van der Waals surface area contributed by atoms with Crippen molar-refractivity contribution >= 4 is 19.2 Å². The van der Waals surface area contributed by atoms with Gasteiger partial charge in [0.15, 0.2) is 13.9 Å². The Hall–Kier alpha value is -2.73. The van der Waals surface area contributed by atoms with Crippen LogP contribution in [-0.2, 0) is 0 Å². The van der Waals surface area contributed by atoms with Crippen molar-refractivity contribution in [1.82, 2.24) is 5.27 Å². The van der Waals surface area contributed by atoms with E-state index in [-0.39, 0.29) is 5.78 Å². The van der Waals surface area contributed by atoms with Crippen molar-refractivity contribution in [2.24, 2.45) is 0 Å². The fraction of sp³-hybridized carbons (Fsp3) is 0.167. The summed E-state index contributed by atoms with van der Waals surface area (Å²) in [5.41, 5.74) is 1.64. The Bertz CT molecular complexity index is 883. The van der Waals surface area contributed by atoms with Crippen molar-refractivity contribution in [3.8, 4) is 11.6 Å². The van der Waals surface area contributed by atoms with Crippen LogP contribution in [-0.4, -0.2) is 19.1 Å². The number of ketones is 1. The lowest BCUT2D eigenvalue weighted by Crippen LogP contribution is -2.59. The zero-order chi connectivity index (χ0) is 17.3. The maximum atomic E-state index is 12.9. The van der Waals surface area contributed by atoms with Gasteiger partial charge in [0.25, 0.3) is 0 Å². The van der Waals surface area contributed by atoms with Gasteiger partial charge in [-0.1, -0.05) is 62.1 Å². The van der Waals surface area contributed by atoms with Gasteiger partial charge in [-0.15, -0.1) is 0 Å². The molecular weight excluding hydrogens is 320 g/mol. The van der Waals surface area contributed by atoms with Gasteiger partial charge in [-0.25, -0.2) is 0 Å². The zero-order valence-electron chi connectivity index (χ0n) is 13.8. The van der Waals surface area contributed by atoms with Gasteiger partial charge in [-0.05, 0) is 10.7 Å². The lowest BCUT2D eigenvalue weighted by Gasteiger charge is -2.11. The molecule has 0 unspecified atom stereocenters. The highest BCUT2D eigenvalue weighted by Crippen LogP contribution is 2.16. The summed E-state index contributed by atoms with van der Waals surface area (Å²) in [5, 5.41) is 16.5. The minimum Gasteiger partial charge on any atom is -0.539 e. The molecule has 1 aromatic heterocycles. The van der Waals surface area contributed by atoms with Gasteiger partial charge in [0.1, 0.15) is 5.95 Å². The number of carbonyl (C=O) groups is 1. The summed E-state index contributed by atoms with van der Waals surface area (Å²) in [7, 11) is -2.01. The molecule has 6 heteroatoms. The monoisotopic (exact) mass is 338 g/mol. The number of hydrogen-bond acceptors (Lipinski definition) is 4. The second kappa shape index (κ2) is 6.05. The molecule has 0 bridgehead atoms. The van der Waals surface area contributed by atoms with Crippen LogP contribution < -0.4 is 15.1 Å². The average molecular weight is 338 g/mol. The van der Waals surface area contributed by atoms with Gasteiger partial charge in [0.05, 0.1) is 10.8 Å². The molecule has 1 heterocycles. The summed E-state index contributed by atoms with van der Waals surface area (Å²) < 4.78 is 6.39. The quantitative estimate of drug-likeness (QED) is 0.413. The van der Waals surface area contributed by atoms with Crippen molar-refractivity contribution < 1.29 is 19.1 Å². The van der Waals surface area contributed by atoms with Crippen molar-refractivity contribution in [2.75, 3.05) is 0 Å². The van der Waals surface area contributed by atoms with Crippen LogP contribution in [0.25, 0.3) is 5.69 Å². The van der Waals surface area contributed by atoms with Crippen molar-refractivity contribution in [1.29, 1.82) is 0 Å². The molecule has 0 aliphatic carbocycles. The normalized spacial score (nSPS) is 11.5. The van der Waals surface area contributed by atoms with E-state index in [1.165, 1.54) is 4.68 Å². The molecule has 0 aliphatic rings. The molecule has 0 fully saturated rings. The van der Waals surface area contributed by atoms with E-state index >= 15 is 0 Å². The second-order valence-electron chi connectivity index (χ2n) is 6.58. The Morgan fingerprint density at radius 1 is 1.04 bits per heavy atom. The first-order valence-corrected chi connectivity index (χ1v) is 11.2. The van der Waals surface area contributed by atoms with Gasteiger partial charge < -0.3 is 9.63 Å². The van der Waals surface area contributed by atoms with Crippen LogP contribution >= 0.6 is 0 Å². The van der Waals surface area contributed by atoms with Crippen LogP contribution in [0, 0.1) is 0 Å². The topological polar surface area (TPSA) is 70.0 Å². The molecule has 0 atom stereocenters. The third-order valence-electron chi connectivity index (χ3n) is 3.73. The van der Waals surface area contributed by atoms with Gasteiger partial charge >= 0.3 is 0 Å². The molecule has 24 heavy (non-hydrogen) atoms. The summed E-state index contributed by atoms with van der Waals surface area (Å²) in [5.74, 6) is -0.549. The Kier molecular flexibility index (Phi) is 4.07. The molecule has 0 spiro atoms. The first-order valence-electron chi connectivity index (χ1n) is 7.68. The van der Waals surface area contributed by atoms with E-state index in [1.54, 1.807) is 30.3 Å². The molecule has 122 valence electrons. The third-order valence-corrected chi connectivity index (χ3v) is 5.57. The largest absolute Gasteiger partial charge is 0.539 e. The maximum Gasteiger partial charge on any atom is 0.250 e. The number of benzene rings is 2. The van der Waals surface area contributed by atoms with Crippen LogP contribution in [0.4, 0.5) is 0 Å². The van der Waals surface area contributed by atoms with Crippen molar-refractivity contribution in [2.45, 2.75) is 19.6 Å². The average Bonchev–Trinajstić information content (AvgIpc) is 2.97. The number of rotatable bonds is 4. The zero-order valence-corrected chi connectivity index (χ0v) is 14.8. The highest BCUT2D eigenvalue weighted by molar-refractivity contribution is 6.88. The fourth-order valence-corrected chi connectivity index (χ4v) is 4.09. The Morgan fingerprint density at radius 3 is 2.33 bits per heavy atom. The van der Waals surface area contributed by atoms with Crippen LogP contribution in [0.2, 0.25) is 19.6 Å². The molecule has 0 N–H and O–H groups in total. The Labute approximate surface area is 141 Å². The summed E-state index contributed by atoms with van der Waals surface area (Å²) >= 11 is 0. The first-order chi connectivity index (χ1) is 11.4. The predicted molar refractivity (Wildman–Crippen MR) is 90.3 cm³/mol. The van der Waals surface area contributed by atoms with Gasteiger partial charge in [0, 0.05) is 11.6 Å². The van der Waals surface area contributed by atoms with E-state index in [0.717, 1.165) is 0 Å². The number of nitrogens with zero attached hydrogens (tertiary/aromatic N) is 2. The lowest BCUT2D eigenvalue weighted by atomic mass is 10.0. The van der Waals surface area contributed by atoms with Gasteiger partial charge in [-0.2, -0.15) is 0 Å². The molecule has 5 nitrogen and oxygen atoms in total. The van der Waals surface area contributed by atoms with Gasteiger partial charge in [0.2, 0.25) is 11.0 Å². The van der Waals surface area contributed by atoms with E-state index in [9.17, 15) is 9.90 Å². The molecule has 0 radical (unpaired) electrons. The predicted octanol–water partition coefficient (Wildman–Crippen LogP) is 1.80. The van der Waals surface area contributed by atoms with E-state index in [4.69, 9.17) is 4.52 Å². The SMILES string of the molecule is C[Si](C)(C)c1c([O-])on[n+]1-c1ccccc1C(=O)c1ccccc1. The van der Waals surface area contributed by atoms with E-state index < -0.39 is 14.0 Å². The van der Waals surface area contributed by atoms with Crippen LogP contribution in [0.15, 0.2) is 59.1 Å². The molecular formula is C18H18N2O3Si. The highest BCUT2D eigenvalue weighted by Gasteiger charge is 2.35. The number of hydrogen-bond donors (Lipinski definition) is 0. The molecule has 0 aliphatic heterocycles. The summed E-state index contributed by atoms with van der Waals surface area (Å²) in [6, 6.07) is 16.2. The maximum absolute atomic E-state index is 12.9. The smallest absolute Gasteiger partial charge is 0.250 e. The Morgan fingerprint density at radius 2 is 1.67 bits per heavy atom. The molecule has 0 saturated carbocycles. The van der Waals surface area contributed by atoms with Crippen LogP contribution in [0.1, 0.15) is 15.9 Å². The summed E-state index contributed by atoms with van der Waals surface area (Å²) in [6.45, 7) is 6.12. The van der Waals surface area contributed by atoms with Gasteiger partial charge in [-0.3, -0.25) is 4.79 Å². The second-order valence-corrected chi connectivity index (χ2v) is 11.6. The minimum absolute atomic E-state index is 0.115. The van der Waals surface area contributed by atoms with Crippen molar-refractivity contribution in [3.63, 3.8) is 0 Å². The summed E-state index contributed by atoms with van der Waals surface area (Å²) in [6.07, 6.45) is 0. The summed E-state index contributed by atoms with van der Waals surface area (Å²) in [4.78, 5) is 12.9. The van der Waals surface area contributed by atoms with Crippen LogP contribution in [0.5, 0.6) is 5.95 Å². The molecule has 2 aromatic carbocycles. The fourth-order valence-electron chi connectivity index (χ4n) is 2.63. The Balaban J connectivity index is 2.17. The number of carbonyl (C=O) groups excluding carboxylic acids is 1. The van der Waals surface area contributed by atoms with Crippen molar-refractivity contribution in [3.05, 3.63) is 65.7 Å². The third kappa shape index (κ3) is 2.88. The highest BCUT2D eigenvalue weighted by atomic mass is 28.3. The molecule has 0 amide bonds. The lowest BCUT2D eigenvalue weighted by molar-refractivity contribution is -0.655. The minimum atomic E-state index is -2.01. The standard InChI is InChI=1S/C18H18N2O3Si/c1-24(2,3)17-18(22)23-19-20(17)15-12-8-7-11-14(15)16(21)13-9-5-4-6-10-13/h4-12H,1-3H3. The van der Waals surface area contributed by atoms with Crippen LogP contribution in [0.3, 0.4) is 0 Å². The first kappa shape index (κ1) is 16.1. The molecule has 0 saturated heterocycles. The van der Waals surface area contributed by atoms with E-state index in [0.29, 0.717) is 22.1 Å². The van der Waals surface area contributed by atoms with E-state index in [1.807, 2.05) is 43.9 Å². The molecule has 3 aromatic rings. The number of para-hydroxylation sites is 1. The molecule has 3 rings (SSSR count).